The van der Waals surface area contributed by atoms with E-state index in [2.05, 4.69) is 15.5 Å². The van der Waals surface area contributed by atoms with E-state index in [1.165, 1.54) is 11.3 Å². The average Bonchev–Trinajstić information content (AvgIpc) is 2.88. The first kappa shape index (κ1) is 16.0. The summed E-state index contributed by atoms with van der Waals surface area (Å²) in [6.45, 7) is 3.84. The molecule has 1 aromatic carbocycles. The minimum atomic E-state index is -0.336. The van der Waals surface area contributed by atoms with Gasteiger partial charge in [-0.3, -0.25) is 10.1 Å². The van der Waals surface area contributed by atoms with Gasteiger partial charge in [-0.05, 0) is 12.1 Å². The Morgan fingerprint density at radius 1 is 1.38 bits per heavy atom. The lowest BCUT2D eigenvalue weighted by molar-refractivity contribution is -0.118. The second-order valence-electron chi connectivity index (χ2n) is 4.51. The zero-order valence-electron chi connectivity index (χ0n) is 11.4. The van der Waals surface area contributed by atoms with Crippen molar-refractivity contribution in [2.24, 2.45) is 0 Å². The summed E-state index contributed by atoms with van der Waals surface area (Å²) in [6.07, 6.45) is 0. The summed E-state index contributed by atoms with van der Waals surface area (Å²) < 4.78 is 5.33. The molecule has 0 saturated heterocycles. The molecule has 1 N–H and O–H groups in total. The van der Waals surface area contributed by atoms with Crippen LogP contribution in [0.4, 0.5) is 5.13 Å². The van der Waals surface area contributed by atoms with E-state index >= 15 is 0 Å². The van der Waals surface area contributed by atoms with Crippen LogP contribution >= 0.6 is 34.5 Å². The van der Waals surface area contributed by atoms with E-state index in [-0.39, 0.29) is 18.4 Å². The molecule has 0 spiro atoms. The molecule has 0 fully saturated rings. The molecule has 0 radical (unpaired) electrons. The number of hydrogen-bond donors (Lipinski definition) is 1. The third kappa shape index (κ3) is 4.56. The number of ether oxygens (including phenoxy) is 1. The number of nitrogens with one attached hydrogen (secondary N) is 1. The quantitative estimate of drug-likeness (QED) is 0.889. The Morgan fingerprint density at radius 3 is 2.81 bits per heavy atom. The summed E-state index contributed by atoms with van der Waals surface area (Å²) >= 11 is 13.1. The number of halogens is 2. The summed E-state index contributed by atoms with van der Waals surface area (Å²) in [4.78, 5) is 11.8. The van der Waals surface area contributed by atoms with E-state index in [1.54, 1.807) is 18.2 Å². The molecule has 0 unspecified atom stereocenters. The van der Waals surface area contributed by atoms with Gasteiger partial charge in [0.05, 0.1) is 5.02 Å². The molecule has 0 saturated carbocycles. The molecule has 21 heavy (non-hydrogen) atoms. The third-order valence-electron chi connectivity index (χ3n) is 2.43. The summed E-state index contributed by atoms with van der Waals surface area (Å²) in [5, 5.41) is 12.7. The normalized spacial score (nSPS) is 10.7. The molecule has 1 amide bonds. The van der Waals surface area contributed by atoms with Crippen LogP contribution in [0.3, 0.4) is 0 Å². The van der Waals surface area contributed by atoms with Gasteiger partial charge >= 0.3 is 0 Å². The van der Waals surface area contributed by atoms with Crippen molar-refractivity contribution in [1.82, 2.24) is 10.2 Å². The molecule has 5 nitrogen and oxygen atoms in total. The van der Waals surface area contributed by atoms with Crippen LogP contribution in [0.15, 0.2) is 18.2 Å². The van der Waals surface area contributed by atoms with Gasteiger partial charge in [0.25, 0.3) is 5.91 Å². The minimum Gasteiger partial charge on any atom is -0.482 e. The van der Waals surface area contributed by atoms with Gasteiger partial charge in [-0.1, -0.05) is 48.4 Å². The monoisotopic (exact) mass is 345 g/mol. The molecule has 1 heterocycles. The molecule has 0 bridgehead atoms. The van der Waals surface area contributed by atoms with Crippen molar-refractivity contribution in [3.05, 3.63) is 33.3 Å². The lowest BCUT2D eigenvalue weighted by Gasteiger charge is -2.07. The summed E-state index contributed by atoms with van der Waals surface area (Å²) in [7, 11) is 0. The van der Waals surface area contributed by atoms with Gasteiger partial charge in [0.15, 0.2) is 6.61 Å². The second kappa shape index (κ2) is 7.06. The van der Waals surface area contributed by atoms with E-state index in [0.29, 0.717) is 20.9 Å². The van der Waals surface area contributed by atoms with Crippen molar-refractivity contribution in [3.63, 3.8) is 0 Å². The molecule has 0 aliphatic heterocycles. The number of amides is 1. The van der Waals surface area contributed by atoms with Crippen LogP contribution in [0.5, 0.6) is 5.75 Å². The highest BCUT2D eigenvalue weighted by molar-refractivity contribution is 7.15. The number of rotatable bonds is 5. The standard InChI is InChI=1S/C13H13Cl2N3O2S/c1-7(2)12-17-18-13(21-12)16-11(19)6-20-10-5-8(14)3-4-9(10)15/h3-5,7H,6H2,1-2H3,(H,16,18,19). The number of carbonyl (C=O) groups is 1. The van der Waals surface area contributed by atoms with E-state index in [4.69, 9.17) is 27.9 Å². The summed E-state index contributed by atoms with van der Waals surface area (Å²) in [6, 6.07) is 4.81. The maximum absolute atomic E-state index is 11.8. The Bertz CT molecular complexity index is 646. The number of carbonyl (C=O) groups excluding carboxylic acids is 1. The molecule has 112 valence electrons. The Morgan fingerprint density at radius 2 is 2.14 bits per heavy atom. The average molecular weight is 346 g/mol. The smallest absolute Gasteiger partial charge is 0.264 e. The highest BCUT2D eigenvalue weighted by Crippen LogP contribution is 2.27. The van der Waals surface area contributed by atoms with Gasteiger partial charge in [-0.25, -0.2) is 0 Å². The van der Waals surface area contributed by atoms with Crippen LogP contribution in [0.1, 0.15) is 24.8 Å². The first-order valence-corrected chi connectivity index (χ1v) is 7.74. The Labute approximate surface area is 136 Å². The van der Waals surface area contributed by atoms with Crippen molar-refractivity contribution in [2.75, 3.05) is 11.9 Å². The van der Waals surface area contributed by atoms with Crippen molar-refractivity contribution < 1.29 is 9.53 Å². The van der Waals surface area contributed by atoms with E-state index in [9.17, 15) is 4.79 Å². The van der Waals surface area contributed by atoms with Gasteiger partial charge in [-0.15, -0.1) is 10.2 Å². The lowest BCUT2D eigenvalue weighted by atomic mass is 10.2. The molecule has 1 aromatic heterocycles. The fourth-order valence-electron chi connectivity index (χ4n) is 1.40. The van der Waals surface area contributed by atoms with Crippen molar-refractivity contribution in [3.8, 4) is 5.75 Å². The lowest BCUT2D eigenvalue weighted by Crippen LogP contribution is -2.20. The number of aromatic nitrogens is 2. The van der Waals surface area contributed by atoms with Crippen molar-refractivity contribution in [2.45, 2.75) is 19.8 Å². The summed E-state index contributed by atoms with van der Waals surface area (Å²) in [5.74, 6) is 0.298. The Balaban J connectivity index is 1.91. The Hall–Kier alpha value is -1.37. The first-order chi connectivity index (χ1) is 9.95. The van der Waals surface area contributed by atoms with Gasteiger partial charge in [-0.2, -0.15) is 0 Å². The third-order valence-corrected chi connectivity index (χ3v) is 4.12. The number of benzene rings is 1. The largest absolute Gasteiger partial charge is 0.482 e. The Kier molecular flexibility index (Phi) is 5.39. The fourth-order valence-corrected chi connectivity index (χ4v) is 2.50. The fraction of sp³-hybridized carbons (Fsp3) is 0.308. The van der Waals surface area contributed by atoms with Crippen LogP contribution < -0.4 is 10.1 Å². The zero-order valence-corrected chi connectivity index (χ0v) is 13.7. The molecule has 8 heteroatoms. The van der Waals surface area contributed by atoms with Crippen molar-refractivity contribution in [1.29, 1.82) is 0 Å². The summed E-state index contributed by atoms with van der Waals surface area (Å²) in [5.41, 5.74) is 0. The molecule has 2 rings (SSSR count). The number of anilines is 1. The van der Waals surface area contributed by atoms with Gasteiger partial charge in [0.2, 0.25) is 5.13 Å². The minimum absolute atomic E-state index is 0.184. The maximum Gasteiger partial charge on any atom is 0.264 e. The van der Waals surface area contributed by atoms with Crippen molar-refractivity contribution >= 4 is 45.6 Å². The molecular weight excluding hydrogens is 333 g/mol. The SMILES string of the molecule is CC(C)c1nnc(NC(=O)COc2cc(Cl)ccc2Cl)s1. The van der Waals surface area contributed by atoms with Gasteiger partial charge in [0, 0.05) is 17.0 Å². The predicted octanol–water partition coefficient (Wildman–Crippen LogP) is 3.99. The van der Waals surface area contributed by atoms with Gasteiger partial charge in [0.1, 0.15) is 10.8 Å². The van der Waals surface area contributed by atoms with Crippen LogP contribution in [0.2, 0.25) is 10.0 Å². The molecule has 0 aliphatic rings. The maximum atomic E-state index is 11.8. The second-order valence-corrected chi connectivity index (χ2v) is 6.36. The predicted molar refractivity (Wildman–Crippen MR) is 84.6 cm³/mol. The molecule has 2 aromatic rings. The van der Waals surface area contributed by atoms with Crippen LogP contribution in [0, 0.1) is 0 Å². The van der Waals surface area contributed by atoms with Crippen LogP contribution in [0.25, 0.3) is 0 Å². The van der Waals surface area contributed by atoms with Gasteiger partial charge < -0.3 is 4.74 Å². The molecule has 0 atom stereocenters. The first-order valence-electron chi connectivity index (χ1n) is 6.17. The zero-order chi connectivity index (χ0) is 15.4. The number of nitrogens with zero attached hydrogens (tertiary/aromatic N) is 2. The van der Waals surface area contributed by atoms with E-state index in [1.807, 2.05) is 13.8 Å². The number of hydrogen-bond acceptors (Lipinski definition) is 5. The molecular formula is C13H13Cl2N3O2S. The van der Waals surface area contributed by atoms with Crippen LogP contribution in [-0.4, -0.2) is 22.7 Å². The topological polar surface area (TPSA) is 64.1 Å². The highest BCUT2D eigenvalue weighted by atomic mass is 35.5. The van der Waals surface area contributed by atoms with E-state index in [0.717, 1.165) is 5.01 Å². The highest BCUT2D eigenvalue weighted by Gasteiger charge is 2.11. The van der Waals surface area contributed by atoms with E-state index < -0.39 is 0 Å². The molecule has 0 aliphatic carbocycles. The van der Waals surface area contributed by atoms with Crippen LogP contribution in [-0.2, 0) is 4.79 Å².